The van der Waals surface area contributed by atoms with Gasteiger partial charge in [0, 0.05) is 24.7 Å². The van der Waals surface area contributed by atoms with Gasteiger partial charge >= 0.3 is 0 Å². The smallest absolute Gasteiger partial charge is 0.153 e. The molecule has 0 aromatic heterocycles. The second-order valence-electron chi connectivity index (χ2n) is 5.15. The monoisotopic (exact) mass is 232 g/mol. The number of nitrogens with zero attached hydrogens (tertiary/aromatic N) is 1. The first-order valence-corrected chi connectivity index (χ1v) is 7.46. The fourth-order valence-electron chi connectivity index (χ4n) is 2.46. The van der Waals surface area contributed by atoms with E-state index in [2.05, 4.69) is 4.90 Å². The molecule has 2 aliphatic rings. The van der Waals surface area contributed by atoms with Crippen LogP contribution in [0.2, 0.25) is 0 Å². The Morgan fingerprint density at radius 3 is 2.60 bits per heavy atom. The van der Waals surface area contributed by atoms with Crippen molar-refractivity contribution in [3.63, 3.8) is 0 Å². The van der Waals surface area contributed by atoms with Gasteiger partial charge in [0.05, 0.1) is 11.5 Å². The molecule has 4 nitrogen and oxygen atoms in total. The van der Waals surface area contributed by atoms with Gasteiger partial charge < -0.3 is 5.73 Å². The number of nitrogens with two attached hydrogens (primary N) is 1. The Kier molecular flexibility index (Phi) is 2.81. The van der Waals surface area contributed by atoms with Crippen LogP contribution in [0.25, 0.3) is 0 Å². The van der Waals surface area contributed by atoms with Crippen LogP contribution in [0.1, 0.15) is 26.2 Å². The molecule has 0 amide bonds. The zero-order valence-electron chi connectivity index (χ0n) is 9.28. The molecule has 2 fully saturated rings. The molecule has 1 saturated carbocycles. The molecule has 0 spiro atoms. The standard InChI is InChI=1S/C10H20N2O2S/c1-9-7-15(13,14)6-5-12(9)8-10(11)3-2-4-10/h9H,2-8,11H2,1H3. The molecule has 0 aromatic rings. The summed E-state index contributed by atoms with van der Waals surface area (Å²) in [5.74, 6) is 0.594. The predicted molar refractivity (Wildman–Crippen MR) is 60.5 cm³/mol. The number of rotatable bonds is 2. The average molecular weight is 232 g/mol. The van der Waals surface area contributed by atoms with Gasteiger partial charge in [-0.1, -0.05) is 0 Å². The van der Waals surface area contributed by atoms with E-state index in [1.54, 1.807) is 0 Å². The van der Waals surface area contributed by atoms with Crippen LogP contribution in [-0.2, 0) is 9.84 Å². The highest BCUT2D eigenvalue weighted by molar-refractivity contribution is 7.91. The summed E-state index contributed by atoms with van der Waals surface area (Å²) >= 11 is 0. The largest absolute Gasteiger partial charge is 0.324 e. The molecule has 1 aliphatic heterocycles. The van der Waals surface area contributed by atoms with Crippen molar-refractivity contribution in [2.75, 3.05) is 24.6 Å². The van der Waals surface area contributed by atoms with Gasteiger partial charge in [0.2, 0.25) is 0 Å². The molecule has 1 saturated heterocycles. The maximum absolute atomic E-state index is 11.4. The topological polar surface area (TPSA) is 63.4 Å². The summed E-state index contributed by atoms with van der Waals surface area (Å²) in [5, 5.41) is 0. The lowest BCUT2D eigenvalue weighted by Crippen LogP contribution is -2.59. The van der Waals surface area contributed by atoms with Crippen molar-refractivity contribution in [1.29, 1.82) is 0 Å². The van der Waals surface area contributed by atoms with Crippen LogP contribution < -0.4 is 5.73 Å². The van der Waals surface area contributed by atoms with Crippen molar-refractivity contribution in [1.82, 2.24) is 4.90 Å². The van der Waals surface area contributed by atoms with Crippen molar-refractivity contribution in [3.05, 3.63) is 0 Å². The van der Waals surface area contributed by atoms with Gasteiger partial charge in [-0.05, 0) is 26.2 Å². The van der Waals surface area contributed by atoms with E-state index < -0.39 is 9.84 Å². The van der Waals surface area contributed by atoms with Crippen LogP contribution in [0.3, 0.4) is 0 Å². The highest BCUT2D eigenvalue weighted by Gasteiger charge is 2.37. The van der Waals surface area contributed by atoms with E-state index in [1.807, 2.05) is 6.92 Å². The first-order valence-electron chi connectivity index (χ1n) is 5.64. The number of hydrogen-bond donors (Lipinski definition) is 1. The van der Waals surface area contributed by atoms with Gasteiger partial charge in [0.25, 0.3) is 0 Å². The third-order valence-corrected chi connectivity index (χ3v) is 5.47. The SMILES string of the molecule is CC1CS(=O)(=O)CCN1CC1(N)CCC1. The Morgan fingerprint density at radius 2 is 2.13 bits per heavy atom. The molecule has 15 heavy (non-hydrogen) atoms. The van der Waals surface area contributed by atoms with E-state index in [0.717, 1.165) is 19.4 Å². The molecule has 1 aliphatic carbocycles. The second-order valence-corrected chi connectivity index (χ2v) is 7.38. The third kappa shape index (κ3) is 2.52. The summed E-state index contributed by atoms with van der Waals surface area (Å²) < 4.78 is 22.8. The van der Waals surface area contributed by atoms with Crippen LogP contribution in [0.4, 0.5) is 0 Å². The molecule has 2 rings (SSSR count). The highest BCUT2D eigenvalue weighted by Crippen LogP contribution is 2.30. The fourth-order valence-corrected chi connectivity index (χ4v) is 4.09. The van der Waals surface area contributed by atoms with E-state index in [-0.39, 0.29) is 11.6 Å². The van der Waals surface area contributed by atoms with Crippen LogP contribution >= 0.6 is 0 Å². The molecular formula is C10H20N2O2S. The lowest BCUT2D eigenvalue weighted by atomic mass is 9.77. The minimum Gasteiger partial charge on any atom is -0.324 e. The minimum atomic E-state index is -2.79. The third-order valence-electron chi connectivity index (χ3n) is 3.68. The average Bonchev–Trinajstić information content (AvgIpc) is 2.06. The molecule has 1 atom stereocenters. The van der Waals surface area contributed by atoms with Crippen molar-refractivity contribution in [2.24, 2.45) is 5.73 Å². The first kappa shape index (κ1) is 11.4. The molecule has 5 heteroatoms. The summed E-state index contributed by atoms with van der Waals surface area (Å²) in [6.07, 6.45) is 3.39. The Bertz CT molecular complexity index is 335. The molecular weight excluding hydrogens is 212 g/mol. The molecule has 0 aromatic carbocycles. The van der Waals surface area contributed by atoms with Crippen LogP contribution in [-0.4, -0.2) is 49.5 Å². The molecule has 0 radical (unpaired) electrons. The zero-order chi connectivity index (χ0) is 11.1. The zero-order valence-corrected chi connectivity index (χ0v) is 10.1. The highest BCUT2D eigenvalue weighted by atomic mass is 32.2. The van der Waals surface area contributed by atoms with Crippen molar-refractivity contribution in [3.8, 4) is 0 Å². The normalized spacial score (nSPS) is 34.7. The van der Waals surface area contributed by atoms with E-state index in [9.17, 15) is 8.42 Å². The van der Waals surface area contributed by atoms with Crippen LogP contribution in [0.15, 0.2) is 0 Å². The van der Waals surface area contributed by atoms with Gasteiger partial charge in [0.15, 0.2) is 9.84 Å². The first-order chi connectivity index (χ1) is 6.90. The van der Waals surface area contributed by atoms with Gasteiger partial charge in [-0.3, -0.25) is 4.90 Å². The van der Waals surface area contributed by atoms with Gasteiger partial charge in [-0.2, -0.15) is 0 Å². The van der Waals surface area contributed by atoms with Crippen LogP contribution in [0, 0.1) is 0 Å². The Labute approximate surface area is 91.7 Å². The molecule has 88 valence electrons. The van der Waals surface area contributed by atoms with Crippen molar-refractivity contribution < 1.29 is 8.42 Å². The van der Waals surface area contributed by atoms with Gasteiger partial charge in [-0.15, -0.1) is 0 Å². The second kappa shape index (κ2) is 3.71. The van der Waals surface area contributed by atoms with Crippen LogP contribution in [0.5, 0.6) is 0 Å². The quantitative estimate of drug-likeness (QED) is 0.727. The van der Waals surface area contributed by atoms with E-state index >= 15 is 0 Å². The predicted octanol–water partition coefficient (Wildman–Crippen LogP) is -0.0133. The maximum Gasteiger partial charge on any atom is 0.153 e. The minimum absolute atomic E-state index is 0.0324. The summed E-state index contributed by atoms with van der Waals surface area (Å²) in [4.78, 5) is 2.24. The summed E-state index contributed by atoms with van der Waals surface area (Å²) in [6.45, 7) is 3.50. The van der Waals surface area contributed by atoms with Crippen molar-refractivity contribution in [2.45, 2.75) is 37.8 Å². The summed E-state index contributed by atoms with van der Waals surface area (Å²) in [6, 6.07) is 0.129. The molecule has 1 unspecified atom stereocenters. The number of hydrogen-bond acceptors (Lipinski definition) is 4. The lowest BCUT2D eigenvalue weighted by molar-refractivity contribution is 0.123. The summed E-state index contributed by atoms with van der Waals surface area (Å²) in [7, 11) is -2.79. The number of sulfone groups is 1. The van der Waals surface area contributed by atoms with Gasteiger partial charge in [-0.25, -0.2) is 8.42 Å². The fraction of sp³-hybridized carbons (Fsp3) is 1.00. The maximum atomic E-state index is 11.4. The van der Waals surface area contributed by atoms with Gasteiger partial charge in [0.1, 0.15) is 0 Å². The van der Waals surface area contributed by atoms with Crippen molar-refractivity contribution >= 4 is 9.84 Å². The van der Waals surface area contributed by atoms with E-state index in [1.165, 1.54) is 6.42 Å². The summed E-state index contributed by atoms with van der Waals surface area (Å²) in [5.41, 5.74) is 6.14. The Morgan fingerprint density at radius 1 is 1.47 bits per heavy atom. The molecule has 1 heterocycles. The Hall–Kier alpha value is -0.130. The Balaban J connectivity index is 1.94. The molecule has 2 N–H and O–H groups in total. The van der Waals surface area contributed by atoms with E-state index in [0.29, 0.717) is 18.1 Å². The lowest BCUT2D eigenvalue weighted by Gasteiger charge is -2.45. The molecule has 0 bridgehead atoms. The van der Waals surface area contributed by atoms with E-state index in [4.69, 9.17) is 5.73 Å².